The van der Waals surface area contributed by atoms with Gasteiger partial charge in [-0.15, -0.1) is 0 Å². The molecule has 60 valence electrons. The van der Waals surface area contributed by atoms with Crippen molar-refractivity contribution in [3.8, 4) is 5.75 Å². The average Bonchev–Trinajstić information content (AvgIpc) is 1.85. The topological polar surface area (TPSA) is 23.5 Å². The van der Waals surface area contributed by atoms with Crippen molar-refractivity contribution in [1.82, 2.24) is 0 Å². The maximum Gasteiger partial charge on any atom is 0.116 e. The predicted molar refractivity (Wildman–Crippen MR) is 50.1 cm³/mol. The molecule has 0 bridgehead atoms. The van der Waals surface area contributed by atoms with E-state index >= 15 is 0 Å². The van der Waals surface area contributed by atoms with E-state index in [0.29, 0.717) is 0 Å². The van der Waals surface area contributed by atoms with E-state index in [2.05, 4.69) is 15.9 Å². The maximum absolute atomic E-state index is 9.07. The lowest BCUT2D eigenvalue weighted by Crippen LogP contribution is -2.08. The van der Waals surface area contributed by atoms with Gasteiger partial charge < -0.3 is 10.0 Å². The molecule has 0 aliphatic carbocycles. The Balaban J connectivity index is 3.09. The van der Waals surface area contributed by atoms with Crippen LogP contribution in [0.2, 0.25) is 0 Å². The van der Waals surface area contributed by atoms with Crippen LogP contribution in [0.4, 0.5) is 5.69 Å². The van der Waals surface area contributed by atoms with Crippen LogP contribution >= 0.6 is 15.9 Å². The highest BCUT2D eigenvalue weighted by atomic mass is 79.9. The Morgan fingerprint density at radius 3 is 2.45 bits per heavy atom. The first-order valence-electron chi connectivity index (χ1n) is 3.27. The van der Waals surface area contributed by atoms with Gasteiger partial charge in [-0.25, -0.2) is 0 Å². The number of aromatic hydroxyl groups is 1. The van der Waals surface area contributed by atoms with Crippen molar-refractivity contribution in [2.75, 3.05) is 19.0 Å². The summed E-state index contributed by atoms with van der Waals surface area (Å²) in [5.41, 5.74) is 1.06. The summed E-state index contributed by atoms with van der Waals surface area (Å²) in [6.07, 6.45) is 0. The number of anilines is 1. The van der Waals surface area contributed by atoms with Gasteiger partial charge in [0.1, 0.15) is 5.75 Å². The average molecular weight is 216 g/mol. The molecule has 0 aromatic heterocycles. The van der Waals surface area contributed by atoms with Crippen molar-refractivity contribution in [3.05, 3.63) is 22.7 Å². The molecule has 1 N–H and O–H groups in total. The van der Waals surface area contributed by atoms with Crippen LogP contribution in [-0.2, 0) is 0 Å². The summed E-state index contributed by atoms with van der Waals surface area (Å²) < 4.78 is 0.905. The first kappa shape index (κ1) is 8.40. The van der Waals surface area contributed by atoms with Crippen LogP contribution < -0.4 is 4.90 Å². The van der Waals surface area contributed by atoms with Gasteiger partial charge in [-0.2, -0.15) is 0 Å². The molecule has 0 radical (unpaired) electrons. The van der Waals surface area contributed by atoms with E-state index in [1.54, 1.807) is 12.1 Å². The Morgan fingerprint density at radius 2 is 2.00 bits per heavy atom. The molecule has 2 nitrogen and oxygen atoms in total. The van der Waals surface area contributed by atoms with Crippen LogP contribution in [0.1, 0.15) is 0 Å². The smallest absolute Gasteiger partial charge is 0.116 e. The molecule has 0 atom stereocenters. The van der Waals surface area contributed by atoms with E-state index in [0.717, 1.165) is 10.2 Å². The lowest BCUT2D eigenvalue weighted by atomic mass is 10.3. The minimum atomic E-state index is 0.280. The Labute approximate surface area is 74.6 Å². The molecule has 0 saturated heterocycles. The van der Waals surface area contributed by atoms with Gasteiger partial charge in [-0.05, 0) is 34.1 Å². The molecule has 1 aromatic rings. The summed E-state index contributed by atoms with van der Waals surface area (Å²) in [6, 6.07) is 5.20. The second-order valence-electron chi connectivity index (χ2n) is 2.53. The molecule has 0 fully saturated rings. The second-order valence-corrected chi connectivity index (χ2v) is 3.38. The largest absolute Gasteiger partial charge is 0.508 e. The molecule has 0 aliphatic heterocycles. The van der Waals surface area contributed by atoms with Crippen molar-refractivity contribution in [2.24, 2.45) is 0 Å². The van der Waals surface area contributed by atoms with Crippen molar-refractivity contribution < 1.29 is 5.11 Å². The van der Waals surface area contributed by atoms with E-state index in [4.69, 9.17) is 5.11 Å². The summed E-state index contributed by atoms with van der Waals surface area (Å²) in [6.45, 7) is 0. The van der Waals surface area contributed by atoms with Crippen molar-refractivity contribution in [3.63, 3.8) is 0 Å². The Bertz CT molecular complexity index is 260. The lowest BCUT2D eigenvalue weighted by molar-refractivity contribution is 0.475. The molecule has 1 rings (SSSR count). The number of hydrogen-bond donors (Lipinski definition) is 1. The van der Waals surface area contributed by atoms with E-state index < -0.39 is 0 Å². The molecule has 1 aromatic carbocycles. The standard InChI is InChI=1S/C8H10BrNO/c1-10(2)8-4-3-6(11)5-7(8)9/h3-5,11H,1-2H3. The van der Waals surface area contributed by atoms with Crippen molar-refractivity contribution in [2.45, 2.75) is 0 Å². The molecule has 11 heavy (non-hydrogen) atoms. The number of rotatable bonds is 1. The van der Waals surface area contributed by atoms with E-state index in [9.17, 15) is 0 Å². The normalized spacial score (nSPS) is 9.73. The number of phenolic OH excluding ortho intramolecular Hbond substituents is 1. The van der Waals surface area contributed by atoms with E-state index in [-0.39, 0.29) is 5.75 Å². The van der Waals surface area contributed by atoms with Crippen LogP contribution in [0.25, 0.3) is 0 Å². The summed E-state index contributed by atoms with van der Waals surface area (Å²) in [7, 11) is 3.91. The third kappa shape index (κ3) is 1.87. The lowest BCUT2D eigenvalue weighted by Gasteiger charge is -2.13. The molecule has 0 saturated carbocycles. The van der Waals surface area contributed by atoms with Gasteiger partial charge in [0.2, 0.25) is 0 Å². The molecule has 0 aliphatic rings. The summed E-state index contributed by atoms with van der Waals surface area (Å²) in [5, 5.41) is 9.07. The summed E-state index contributed by atoms with van der Waals surface area (Å²) in [5.74, 6) is 0.280. The van der Waals surface area contributed by atoms with Crippen molar-refractivity contribution >= 4 is 21.6 Å². The number of halogens is 1. The van der Waals surface area contributed by atoms with Gasteiger partial charge in [0, 0.05) is 18.6 Å². The summed E-state index contributed by atoms with van der Waals surface area (Å²) in [4.78, 5) is 1.98. The monoisotopic (exact) mass is 215 g/mol. The number of benzene rings is 1. The van der Waals surface area contributed by atoms with Gasteiger partial charge >= 0.3 is 0 Å². The quantitative estimate of drug-likeness (QED) is 0.777. The fourth-order valence-electron chi connectivity index (χ4n) is 0.859. The predicted octanol–water partition coefficient (Wildman–Crippen LogP) is 2.22. The Hall–Kier alpha value is -0.700. The molecule has 0 amide bonds. The molecular weight excluding hydrogens is 206 g/mol. The summed E-state index contributed by atoms with van der Waals surface area (Å²) >= 11 is 3.35. The van der Waals surface area contributed by atoms with Gasteiger partial charge in [0.25, 0.3) is 0 Å². The zero-order valence-electron chi connectivity index (χ0n) is 6.50. The fourth-order valence-corrected chi connectivity index (χ4v) is 1.58. The van der Waals surface area contributed by atoms with Crippen molar-refractivity contribution in [1.29, 1.82) is 0 Å². The highest BCUT2D eigenvalue weighted by Gasteiger charge is 2.01. The molecule has 0 spiro atoms. The first-order valence-corrected chi connectivity index (χ1v) is 4.06. The van der Waals surface area contributed by atoms with Gasteiger partial charge in [0.15, 0.2) is 0 Å². The van der Waals surface area contributed by atoms with Gasteiger partial charge in [0.05, 0.1) is 5.69 Å². The maximum atomic E-state index is 9.07. The zero-order chi connectivity index (χ0) is 8.43. The second kappa shape index (κ2) is 3.13. The fraction of sp³-hybridized carbons (Fsp3) is 0.250. The van der Waals surface area contributed by atoms with E-state index in [1.807, 2.05) is 25.1 Å². The van der Waals surface area contributed by atoms with Crippen LogP contribution in [0, 0.1) is 0 Å². The first-order chi connectivity index (χ1) is 5.11. The number of hydrogen-bond acceptors (Lipinski definition) is 2. The minimum Gasteiger partial charge on any atom is -0.508 e. The number of nitrogens with zero attached hydrogens (tertiary/aromatic N) is 1. The third-order valence-electron chi connectivity index (χ3n) is 1.41. The highest BCUT2D eigenvalue weighted by molar-refractivity contribution is 9.10. The zero-order valence-corrected chi connectivity index (χ0v) is 8.09. The number of phenols is 1. The molecule has 0 unspecified atom stereocenters. The molecular formula is C8H10BrNO. The van der Waals surface area contributed by atoms with E-state index in [1.165, 1.54) is 0 Å². The molecule has 0 heterocycles. The SMILES string of the molecule is CN(C)c1ccc(O)cc1Br. The van der Waals surface area contributed by atoms with Crippen LogP contribution in [-0.4, -0.2) is 19.2 Å². The van der Waals surface area contributed by atoms with Crippen LogP contribution in [0.15, 0.2) is 22.7 Å². The minimum absolute atomic E-state index is 0.280. The van der Waals surface area contributed by atoms with Gasteiger partial charge in [-0.3, -0.25) is 0 Å². The Kier molecular flexibility index (Phi) is 2.39. The van der Waals surface area contributed by atoms with Gasteiger partial charge in [-0.1, -0.05) is 0 Å². The molecule has 3 heteroatoms. The highest BCUT2D eigenvalue weighted by Crippen LogP contribution is 2.27. The Morgan fingerprint density at radius 1 is 1.36 bits per heavy atom. The van der Waals surface area contributed by atoms with Crippen LogP contribution in [0.5, 0.6) is 5.75 Å². The van der Waals surface area contributed by atoms with Crippen LogP contribution in [0.3, 0.4) is 0 Å². The third-order valence-corrected chi connectivity index (χ3v) is 2.05.